The van der Waals surface area contributed by atoms with Gasteiger partial charge in [-0.05, 0) is 41.3 Å². The van der Waals surface area contributed by atoms with Gasteiger partial charge in [0, 0.05) is 22.5 Å². The fourth-order valence-corrected chi connectivity index (χ4v) is 4.12. The van der Waals surface area contributed by atoms with E-state index in [1.165, 1.54) is 22.5 Å². The van der Waals surface area contributed by atoms with E-state index in [-0.39, 0.29) is 5.92 Å². The Hall–Kier alpha value is -3.31. The van der Waals surface area contributed by atoms with Gasteiger partial charge >= 0.3 is 0 Å². The van der Waals surface area contributed by atoms with Gasteiger partial charge in [-0.25, -0.2) is 4.98 Å². The highest BCUT2D eigenvalue weighted by atomic mass is 32.1. The summed E-state index contributed by atoms with van der Waals surface area (Å²) in [7, 11) is 1.68. The quantitative estimate of drug-likeness (QED) is 0.427. The smallest absolute Gasteiger partial charge is 0.180 e. The molecule has 0 saturated carbocycles. The van der Waals surface area contributed by atoms with Gasteiger partial charge in [-0.2, -0.15) is 0 Å². The van der Waals surface area contributed by atoms with Crippen LogP contribution in [-0.2, 0) is 6.42 Å². The van der Waals surface area contributed by atoms with E-state index in [1.54, 1.807) is 7.11 Å². The molecule has 0 aliphatic carbocycles. The van der Waals surface area contributed by atoms with Gasteiger partial charge in [0.1, 0.15) is 5.75 Å². The Morgan fingerprint density at radius 3 is 2.28 bits per heavy atom. The summed E-state index contributed by atoms with van der Waals surface area (Å²) in [5.74, 6) is 0.970. The minimum absolute atomic E-state index is 0.127. The minimum Gasteiger partial charge on any atom is -0.497 e. The van der Waals surface area contributed by atoms with Crippen LogP contribution >= 0.6 is 11.3 Å². The first-order valence-electron chi connectivity index (χ1n) is 9.42. The topological polar surface area (TPSA) is 74.2 Å². The summed E-state index contributed by atoms with van der Waals surface area (Å²) in [6, 6.07) is 24.7. The summed E-state index contributed by atoms with van der Waals surface area (Å²) in [5.41, 5.74) is 18.4. The van der Waals surface area contributed by atoms with Gasteiger partial charge in [0.2, 0.25) is 0 Å². The molecule has 0 aliphatic heterocycles. The van der Waals surface area contributed by atoms with Crippen molar-refractivity contribution < 1.29 is 4.74 Å². The van der Waals surface area contributed by atoms with Crippen molar-refractivity contribution in [1.29, 1.82) is 0 Å². The number of benzene rings is 3. The Balaban J connectivity index is 1.63. The fraction of sp³-hybridized carbons (Fsp3) is 0.125. The van der Waals surface area contributed by atoms with Gasteiger partial charge in [-0.3, -0.25) is 0 Å². The largest absolute Gasteiger partial charge is 0.497 e. The number of hydrogen-bond acceptors (Lipinski definition) is 5. The highest BCUT2D eigenvalue weighted by Gasteiger charge is 2.18. The number of thiazole rings is 1. The molecule has 0 fully saturated rings. The molecule has 4 N–H and O–H groups in total. The van der Waals surface area contributed by atoms with Crippen LogP contribution in [0.5, 0.6) is 5.75 Å². The fourth-order valence-electron chi connectivity index (χ4n) is 3.51. The third-order valence-corrected chi connectivity index (χ3v) is 5.77. The third-order valence-electron chi connectivity index (χ3n) is 5.08. The maximum absolute atomic E-state index is 6.12. The molecule has 0 bridgehead atoms. The Morgan fingerprint density at radius 2 is 1.66 bits per heavy atom. The van der Waals surface area contributed by atoms with E-state index in [0.29, 0.717) is 5.13 Å². The molecule has 4 rings (SSSR count). The van der Waals surface area contributed by atoms with Gasteiger partial charge in [-0.15, -0.1) is 11.3 Å². The highest BCUT2D eigenvalue weighted by Crippen LogP contribution is 2.32. The second kappa shape index (κ2) is 8.37. The predicted octanol–water partition coefficient (Wildman–Crippen LogP) is 5.36. The predicted molar refractivity (Wildman–Crippen MR) is 121 cm³/mol. The second-order valence-corrected chi connectivity index (χ2v) is 7.81. The summed E-state index contributed by atoms with van der Waals surface area (Å²) >= 11 is 1.48. The van der Waals surface area contributed by atoms with Crippen LogP contribution in [0.1, 0.15) is 22.7 Å². The van der Waals surface area contributed by atoms with Crippen LogP contribution in [0, 0.1) is 0 Å². The highest BCUT2D eigenvalue weighted by molar-refractivity contribution is 7.13. The minimum atomic E-state index is 0.127. The lowest BCUT2D eigenvalue weighted by atomic mass is 9.89. The summed E-state index contributed by atoms with van der Waals surface area (Å²) in [4.78, 5) is 4.55. The van der Waals surface area contributed by atoms with Crippen LogP contribution in [-0.4, -0.2) is 12.1 Å². The van der Waals surface area contributed by atoms with Crippen LogP contribution in [0.4, 0.5) is 10.8 Å². The van der Waals surface area contributed by atoms with Gasteiger partial charge < -0.3 is 16.2 Å². The van der Waals surface area contributed by atoms with Crippen LogP contribution in [0.2, 0.25) is 0 Å². The monoisotopic (exact) mass is 401 g/mol. The molecule has 0 amide bonds. The lowest BCUT2D eigenvalue weighted by Gasteiger charge is -2.17. The number of nitrogens with zero attached hydrogens (tertiary/aromatic N) is 1. The molecule has 0 saturated heterocycles. The number of aromatic nitrogens is 1. The molecule has 4 nitrogen and oxygen atoms in total. The van der Waals surface area contributed by atoms with Gasteiger partial charge in [0.15, 0.2) is 5.13 Å². The molecule has 4 aromatic rings. The number of hydrogen-bond donors (Lipinski definition) is 2. The Labute approximate surface area is 174 Å². The van der Waals surface area contributed by atoms with Crippen molar-refractivity contribution in [1.82, 2.24) is 4.98 Å². The molecular weight excluding hydrogens is 378 g/mol. The number of methoxy groups -OCH3 is 1. The van der Waals surface area contributed by atoms with E-state index in [1.807, 2.05) is 41.8 Å². The van der Waals surface area contributed by atoms with Crippen molar-refractivity contribution in [3.8, 4) is 16.9 Å². The third kappa shape index (κ3) is 4.25. The van der Waals surface area contributed by atoms with Crippen LogP contribution in [0.3, 0.4) is 0 Å². The van der Waals surface area contributed by atoms with Crippen molar-refractivity contribution in [3.05, 3.63) is 95.0 Å². The second-order valence-electron chi connectivity index (χ2n) is 6.92. The molecule has 1 heterocycles. The van der Waals surface area contributed by atoms with E-state index in [9.17, 15) is 0 Å². The van der Waals surface area contributed by atoms with Crippen molar-refractivity contribution in [2.75, 3.05) is 18.6 Å². The summed E-state index contributed by atoms with van der Waals surface area (Å²) in [6.07, 6.45) is 0.833. The normalized spacial score (nSPS) is 11.9. The number of nitrogens with two attached hydrogens (primary N) is 2. The summed E-state index contributed by atoms with van der Waals surface area (Å²) < 4.78 is 5.30. The summed E-state index contributed by atoms with van der Waals surface area (Å²) in [5, 5.41) is 2.64. The molecule has 0 aliphatic rings. The molecule has 0 radical (unpaired) electrons. The molecule has 1 unspecified atom stereocenters. The first-order chi connectivity index (χ1) is 14.1. The molecule has 146 valence electrons. The molecule has 0 spiro atoms. The zero-order valence-corrected chi connectivity index (χ0v) is 17.0. The average molecular weight is 402 g/mol. The van der Waals surface area contributed by atoms with E-state index in [0.717, 1.165) is 34.7 Å². The first kappa shape index (κ1) is 19.0. The van der Waals surface area contributed by atoms with Gasteiger partial charge in [0.25, 0.3) is 0 Å². The van der Waals surface area contributed by atoms with Crippen LogP contribution in [0.25, 0.3) is 11.1 Å². The van der Waals surface area contributed by atoms with Crippen LogP contribution in [0.15, 0.2) is 78.2 Å². The Bertz CT molecular complexity index is 1090. The zero-order valence-electron chi connectivity index (χ0n) is 16.2. The van der Waals surface area contributed by atoms with Crippen molar-refractivity contribution >= 4 is 22.2 Å². The number of rotatable bonds is 6. The van der Waals surface area contributed by atoms with E-state index in [4.69, 9.17) is 16.2 Å². The van der Waals surface area contributed by atoms with Crippen LogP contribution < -0.4 is 16.2 Å². The van der Waals surface area contributed by atoms with Crippen molar-refractivity contribution in [3.63, 3.8) is 0 Å². The van der Waals surface area contributed by atoms with Gasteiger partial charge in [0.05, 0.1) is 12.8 Å². The lowest BCUT2D eigenvalue weighted by Crippen LogP contribution is -2.06. The molecule has 1 aromatic heterocycles. The molecule has 5 heteroatoms. The first-order valence-corrected chi connectivity index (χ1v) is 10.3. The van der Waals surface area contributed by atoms with E-state index < -0.39 is 0 Å². The van der Waals surface area contributed by atoms with Gasteiger partial charge in [-0.1, -0.05) is 54.6 Å². The van der Waals surface area contributed by atoms with E-state index in [2.05, 4.69) is 41.4 Å². The maximum atomic E-state index is 6.12. The van der Waals surface area contributed by atoms with E-state index >= 15 is 0 Å². The van der Waals surface area contributed by atoms with Crippen molar-refractivity contribution in [2.24, 2.45) is 0 Å². The summed E-state index contributed by atoms with van der Waals surface area (Å²) in [6.45, 7) is 0. The molecular formula is C24H23N3OS. The number of anilines is 2. The standard InChI is InChI=1S/C24H23N3OS/c1-28-19-12-10-18(11-13-19)21(23-15-29-24(26)27-23)14-16-6-8-17(9-7-16)20-4-2-3-5-22(20)25/h2-13,15,21H,14,25H2,1H3,(H2,26,27). The average Bonchev–Trinajstić information content (AvgIpc) is 3.19. The molecule has 1 atom stereocenters. The lowest BCUT2D eigenvalue weighted by molar-refractivity contribution is 0.414. The maximum Gasteiger partial charge on any atom is 0.180 e. The Kier molecular flexibility index (Phi) is 5.49. The zero-order chi connectivity index (χ0) is 20.2. The molecule has 29 heavy (non-hydrogen) atoms. The number of ether oxygens (including phenoxy) is 1. The number of para-hydroxylation sites is 1. The SMILES string of the molecule is COc1ccc(C(Cc2ccc(-c3ccccc3N)cc2)c2csc(N)n2)cc1. The molecule has 3 aromatic carbocycles. The number of nitrogen functional groups attached to an aromatic ring is 2. The Morgan fingerprint density at radius 1 is 0.931 bits per heavy atom. The van der Waals surface area contributed by atoms with Crippen molar-refractivity contribution in [2.45, 2.75) is 12.3 Å².